The van der Waals surface area contributed by atoms with E-state index in [0.29, 0.717) is 5.92 Å². The van der Waals surface area contributed by atoms with E-state index in [2.05, 4.69) is 6.92 Å². The van der Waals surface area contributed by atoms with Crippen molar-refractivity contribution in [2.45, 2.75) is 60.0 Å². The van der Waals surface area contributed by atoms with Crippen molar-refractivity contribution in [2.75, 3.05) is 0 Å². The van der Waals surface area contributed by atoms with Gasteiger partial charge in [-0.2, -0.15) is 0 Å². The van der Waals surface area contributed by atoms with Gasteiger partial charge in [-0.25, -0.2) is 0 Å². The van der Waals surface area contributed by atoms with Crippen LogP contribution in [0.1, 0.15) is 53.9 Å². The van der Waals surface area contributed by atoms with Crippen molar-refractivity contribution in [1.29, 1.82) is 0 Å². The Labute approximate surface area is 71.8 Å². The first-order valence-corrected chi connectivity index (χ1v) is 4.99. The molecule has 2 unspecified atom stereocenters. The van der Waals surface area contributed by atoms with Gasteiger partial charge in [0, 0.05) is 0 Å². The summed E-state index contributed by atoms with van der Waals surface area (Å²) >= 11 is 0. The molecule has 0 radical (unpaired) electrons. The van der Waals surface area contributed by atoms with Gasteiger partial charge in [-0.05, 0) is 18.8 Å². The minimum Gasteiger partial charge on any atom is -0.393 e. The summed E-state index contributed by atoms with van der Waals surface area (Å²) in [7, 11) is 0. The van der Waals surface area contributed by atoms with E-state index in [1.807, 2.05) is 27.7 Å². The Balaban J connectivity index is 0. The monoisotopic (exact) mass is 160 g/mol. The summed E-state index contributed by atoms with van der Waals surface area (Å²) in [5.74, 6) is 0.569. The van der Waals surface area contributed by atoms with Crippen LogP contribution in [0.4, 0.5) is 0 Å². The second kappa shape index (κ2) is 9.96. The predicted octanol–water partition coefficient (Wildman–Crippen LogP) is 3.22. The van der Waals surface area contributed by atoms with Crippen LogP contribution in [0.3, 0.4) is 0 Å². The number of aliphatic hydroxyl groups excluding tert-OH is 1. The molecule has 0 aromatic carbocycles. The largest absolute Gasteiger partial charge is 0.393 e. The van der Waals surface area contributed by atoms with E-state index in [1.165, 1.54) is 12.8 Å². The van der Waals surface area contributed by atoms with Crippen molar-refractivity contribution in [3.05, 3.63) is 0 Å². The highest BCUT2D eigenvalue weighted by Gasteiger charge is 2.19. The number of hydrogen-bond acceptors (Lipinski definition) is 1. The van der Waals surface area contributed by atoms with Crippen LogP contribution >= 0.6 is 0 Å². The van der Waals surface area contributed by atoms with E-state index in [1.54, 1.807) is 0 Å². The zero-order valence-electron chi connectivity index (χ0n) is 8.72. The summed E-state index contributed by atoms with van der Waals surface area (Å²) in [5, 5.41) is 9.00. The Bertz CT molecular complexity index is 53.9. The molecule has 1 N–H and O–H groups in total. The number of aliphatic hydroxyl groups is 1. The molecule has 1 nitrogen and oxygen atoms in total. The van der Waals surface area contributed by atoms with Crippen LogP contribution in [-0.4, -0.2) is 11.2 Å². The standard InChI is InChI=1S/C6H12O.2C2H6/c1-5-3-2-4-6(5)7;2*1-2/h5-7H,2-4H2,1H3;2*1-2H3. The fourth-order valence-corrected chi connectivity index (χ4v) is 1.13. The third-order valence-electron chi connectivity index (χ3n) is 1.82. The van der Waals surface area contributed by atoms with E-state index >= 15 is 0 Å². The van der Waals surface area contributed by atoms with Gasteiger partial charge in [0.15, 0.2) is 0 Å². The molecule has 0 aliphatic heterocycles. The normalized spacial score (nSPS) is 27.8. The van der Waals surface area contributed by atoms with E-state index in [9.17, 15) is 0 Å². The van der Waals surface area contributed by atoms with Crippen LogP contribution in [0.15, 0.2) is 0 Å². The molecule has 0 amide bonds. The molecule has 0 heterocycles. The maximum Gasteiger partial charge on any atom is 0.0565 e. The lowest BCUT2D eigenvalue weighted by molar-refractivity contribution is 0.141. The lowest BCUT2D eigenvalue weighted by atomic mass is 10.1. The first-order chi connectivity index (χ1) is 5.30. The highest BCUT2D eigenvalue weighted by atomic mass is 16.3. The van der Waals surface area contributed by atoms with Crippen molar-refractivity contribution in [3.63, 3.8) is 0 Å². The highest BCUT2D eigenvalue weighted by molar-refractivity contribution is 4.71. The lowest BCUT2D eigenvalue weighted by Crippen LogP contribution is -2.07. The Morgan fingerprint density at radius 3 is 1.55 bits per heavy atom. The van der Waals surface area contributed by atoms with Gasteiger partial charge in [-0.15, -0.1) is 0 Å². The lowest BCUT2D eigenvalue weighted by Gasteiger charge is -2.04. The molecule has 0 bridgehead atoms. The summed E-state index contributed by atoms with van der Waals surface area (Å²) in [4.78, 5) is 0. The molecule has 1 fully saturated rings. The Morgan fingerprint density at radius 1 is 1.00 bits per heavy atom. The first kappa shape index (κ1) is 13.5. The molecular formula is C10H24O. The van der Waals surface area contributed by atoms with Gasteiger partial charge < -0.3 is 5.11 Å². The van der Waals surface area contributed by atoms with Crippen molar-refractivity contribution in [2.24, 2.45) is 5.92 Å². The second-order valence-electron chi connectivity index (χ2n) is 2.48. The van der Waals surface area contributed by atoms with Crippen molar-refractivity contribution >= 4 is 0 Å². The average molecular weight is 160 g/mol. The Kier molecular flexibility index (Phi) is 12.3. The molecule has 1 aliphatic carbocycles. The third-order valence-corrected chi connectivity index (χ3v) is 1.82. The smallest absolute Gasteiger partial charge is 0.0565 e. The van der Waals surface area contributed by atoms with Crippen LogP contribution < -0.4 is 0 Å². The second-order valence-corrected chi connectivity index (χ2v) is 2.48. The van der Waals surface area contributed by atoms with Gasteiger partial charge >= 0.3 is 0 Å². The van der Waals surface area contributed by atoms with Gasteiger partial charge in [-0.1, -0.05) is 41.0 Å². The molecule has 70 valence electrons. The molecule has 0 saturated heterocycles. The molecule has 1 heteroatoms. The van der Waals surface area contributed by atoms with Crippen LogP contribution in [0.25, 0.3) is 0 Å². The third kappa shape index (κ3) is 6.36. The van der Waals surface area contributed by atoms with E-state index < -0.39 is 0 Å². The van der Waals surface area contributed by atoms with Gasteiger partial charge in [0.1, 0.15) is 0 Å². The van der Waals surface area contributed by atoms with Gasteiger partial charge in [0.05, 0.1) is 6.10 Å². The highest BCUT2D eigenvalue weighted by Crippen LogP contribution is 2.23. The minimum atomic E-state index is 0.0139. The zero-order chi connectivity index (χ0) is 9.28. The molecule has 2 atom stereocenters. The maximum absolute atomic E-state index is 9.00. The molecule has 1 rings (SSSR count). The molecular weight excluding hydrogens is 136 g/mol. The van der Waals surface area contributed by atoms with Gasteiger partial charge in [0.25, 0.3) is 0 Å². The number of rotatable bonds is 0. The molecule has 1 saturated carbocycles. The Hall–Kier alpha value is -0.0400. The summed E-state index contributed by atoms with van der Waals surface area (Å²) in [6, 6.07) is 0. The average Bonchev–Trinajstić information content (AvgIpc) is 2.44. The van der Waals surface area contributed by atoms with Crippen LogP contribution in [0.5, 0.6) is 0 Å². The first-order valence-electron chi connectivity index (χ1n) is 4.99. The topological polar surface area (TPSA) is 20.2 Å². The molecule has 0 aromatic heterocycles. The van der Waals surface area contributed by atoms with Crippen LogP contribution in [-0.2, 0) is 0 Å². The summed E-state index contributed by atoms with van der Waals surface area (Å²) in [6.07, 6.45) is 3.49. The van der Waals surface area contributed by atoms with Gasteiger partial charge in [0.2, 0.25) is 0 Å². The van der Waals surface area contributed by atoms with E-state index in [0.717, 1.165) is 6.42 Å². The Morgan fingerprint density at radius 2 is 1.45 bits per heavy atom. The number of hydrogen-bond donors (Lipinski definition) is 1. The SMILES string of the molecule is CC.CC.CC1CCCC1O. The van der Waals surface area contributed by atoms with Crippen LogP contribution in [0, 0.1) is 5.92 Å². The van der Waals surface area contributed by atoms with E-state index in [4.69, 9.17) is 5.11 Å². The fraction of sp³-hybridized carbons (Fsp3) is 1.00. The summed E-state index contributed by atoms with van der Waals surface area (Å²) in [5.41, 5.74) is 0. The van der Waals surface area contributed by atoms with Crippen LogP contribution in [0.2, 0.25) is 0 Å². The maximum atomic E-state index is 9.00. The predicted molar refractivity (Wildman–Crippen MR) is 51.7 cm³/mol. The summed E-state index contributed by atoms with van der Waals surface area (Å²) < 4.78 is 0. The van der Waals surface area contributed by atoms with E-state index in [-0.39, 0.29) is 6.10 Å². The molecule has 0 aromatic rings. The quantitative estimate of drug-likeness (QED) is 0.577. The van der Waals surface area contributed by atoms with Crippen molar-refractivity contribution < 1.29 is 5.11 Å². The van der Waals surface area contributed by atoms with Crippen molar-refractivity contribution in [3.8, 4) is 0 Å². The molecule has 0 spiro atoms. The van der Waals surface area contributed by atoms with Gasteiger partial charge in [-0.3, -0.25) is 0 Å². The van der Waals surface area contributed by atoms with Crippen molar-refractivity contribution in [1.82, 2.24) is 0 Å². The molecule has 11 heavy (non-hydrogen) atoms. The minimum absolute atomic E-state index is 0.0139. The fourth-order valence-electron chi connectivity index (χ4n) is 1.13. The summed E-state index contributed by atoms with van der Waals surface area (Å²) in [6.45, 7) is 10.1. The zero-order valence-corrected chi connectivity index (χ0v) is 8.72. The molecule has 1 aliphatic rings.